The van der Waals surface area contributed by atoms with E-state index in [1.165, 1.54) is 6.42 Å². The third kappa shape index (κ3) is 9.44. The number of nitriles is 1. The monoisotopic (exact) mass is 235 g/mol. The fourth-order valence-corrected chi connectivity index (χ4v) is 0.916. The minimum atomic E-state index is 0.111. The standard InChI is InChI=1S/C10H11NO.C3H8.C2H6/c1-8(2)12-10-6-4-3-5-9(10)7-11;1-3-2;1-2/h3-6,8H,1-2H3;3H2,1-2H3;1-2H3. The molecular weight excluding hydrogens is 210 g/mol. The van der Waals surface area contributed by atoms with Gasteiger partial charge in [-0.25, -0.2) is 0 Å². The van der Waals surface area contributed by atoms with Gasteiger partial charge in [-0.3, -0.25) is 0 Å². The summed E-state index contributed by atoms with van der Waals surface area (Å²) in [4.78, 5) is 0. The van der Waals surface area contributed by atoms with Gasteiger partial charge in [-0.1, -0.05) is 46.2 Å². The number of ether oxygens (including phenoxy) is 1. The van der Waals surface area contributed by atoms with Gasteiger partial charge in [0, 0.05) is 0 Å². The molecule has 17 heavy (non-hydrogen) atoms. The van der Waals surface area contributed by atoms with Crippen molar-refractivity contribution in [3.63, 3.8) is 0 Å². The van der Waals surface area contributed by atoms with Crippen LogP contribution in [0.4, 0.5) is 0 Å². The lowest BCUT2D eigenvalue weighted by Crippen LogP contribution is -2.06. The Bertz CT molecular complexity index is 313. The molecule has 0 aliphatic heterocycles. The van der Waals surface area contributed by atoms with Crippen LogP contribution in [0, 0.1) is 11.3 Å². The molecule has 0 aromatic heterocycles. The molecular formula is C15H25NO. The maximum Gasteiger partial charge on any atom is 0.137 e. The van der Waals surface area contributed by atoms with Crippen LogP contribution >= 0.6 is 0 Å². The van der Waals surface area contributed by atoms with E-state index in [4.69, 9.17) is 10.00 Å². The predicted octanol–water partition coefficient (Wildman–Crippen LogP) is 4.79. The lowest BCUT2D eigenvalue weighted by Gasteiger charge is -2.09. The van der Waals surface area contributed by atoms with E-state index < -0.39 is 0 Å². The largest absolute Gasteiger partial charge is 0.490 e. The van der Waals surface area contributed by atoms with Crippen molar-refractivity contribution in [1.29, 1.82) is 5.26 Å². The number of hydrogen-bond donors (Lipinski definition) is 0. The van der Waals surface area contributed by atoms with Crippen LogP contribution in [0.25, 0.3) is 0 Å². The molecule has 1 aromatic carbocycles. The minimum absolute atomic E-state index is 0.111. The first kappa shape index (κ1) is 17.9. The van der Waals surface area contributed by atoms with Gasteiger partial charge < -0.3 is 4.74 Å². The molecule has 0 aliphatic rings. The smallest absolute Gasteiger partial charge is 0.137 e. The van der Waals surface area contributed by atoms with Crippen molar-refractivity contribution >= 4 is 0 Å². The van der Waals surface area contributed by atoms with E-state index >= 15 is 0 Å². The second-order valence-corrected chi connectivity index (χ2v) is 3.48. The summed E-state index contributed by atoms with van der Waals surface area (Å²) in [5.41, 5.74) is 0.589. The van der Waals surface area contributed by atoms with Gasteiger partial charge in [0.2, 0.25) is 0 Å². The summed E-state index contributed by atoms with van der Waals surface area (Å²) in [5.74, 6) is 0.662. The molecule has 96 valence electrons. The molecule has 1 aromatic rings. The number of para-hydroxylation sites is 1. The molecule has 0 fully saturated rings. The van der Waals surface area contributed by atoms with Crippen molar-refractivity contribution in [1.82, 2.24) is 0 Å². The van der Waals surface area contributed by atoms with Gasteiger partial charge in [-0.2, -0.15) is 5.26 Å². The molecule has 0 bridgehead atoms. The fraction of sp³-hybridized carbons (Fsp3) is 0.533. The maximum absolute atomic E-state index is 8.70. The third-order valence-electron chi connectivity index (χ3n) is 1.37. The Kier molecular flexibility index (Phi) is 13.2. The Morgan fingerprint density at radius 1 is 1.18 bits per heavy atom. The van der Waals surface area contributed by atoms with Crippen molar-refractivity contribution in [3.05, 3.63) is 29.8 Å². The van der Waals surface area contributed by atoms with Gasteiger partial charge in [0.05, 0.1) is 11.7 Å². The van der Waals surface area contributed by atoms with Crippen LogP contribution < -0.4 is 4.74 Å². The van der Waals surface area contributed by atoms with Gasteiger partial charge >= 0.3 is 0 Å². The first-order valence-electron chi connectivity index (χ1n) is 6.31. The van der Waals surface area contributed by atoms with Crippen LogP contribution in [0.1, 0.15) is 53.5 Å². The Labute approximate surface area is 106 Å². The van der Waals surface area contributed by atoms with Crippen LogP contribution in [0.2, 0.25) is 0 Å². The van der Waals surface area contributed by atoms with Gasteiger partial charge in [0.1, 0.15) is 11.8 Å². The summed E-state index contributed by atoms with van der Waals surface area (Å²) in [6.07, 6.45) is 1.36. The summed E-state index contributed by atoms with van der Waals surface area (Å²) >= 11 is 0. The van der Waals surface area contributed by atoms with E-state index in [1.54, 1.807) is 12.1 Å². The summed E-state index contributed by atoms with van der Waals surface area (Å²) in [6, 6.07) is 9.31. The van der Waals surface area contributed by atoms with Crippen LogP contribution in [-0.2, 0) is 0 Å². The van der Waals surface area contributed by atoms with Crippen molar-refractivity contribution in [2.75, 3.05) is 0 Å². The second-order valence-electron chi connectivity index (χ2n) is 3.48. The quantitative estimate of drug-likeness (QED) is 0.738. The first-order valence-corrected chi connectivity index (χ1v) is 6.31. The molecule has 1 rings (SSSR count). The molecule has 0 heterocycles. The average molecular weight is 235 g/mol. The zero-order valence-corrected chi connectivity index (χ0v) is 11.9. The Hall–Kier alpha value is -1.49. The SMILES string of the molecule is CC.CC(C)Oc1ccccc1C#N.CCC. The highest BCUT2D eigenvalue weighted by atomic mass is 16.5. The van der Waals surface area contributed by atoms with Gasteiger partial charge in [0.15, 0.2) is 0 Å². The topological polar surface area (TPSA) is 33.0 Å². The summed E-state index contributed by atoms with van der Waals surface area (Å²) in [7, 11) is 0. The lowest BCUT2D eigenvalue weighted by molar-refractivity contribution is 0.241. The molecule has 0 saturated carbocycles. The average Bonchev–Trinajstić information content (AvgIpc) is 2.33. The molecule has 0 unspecified atom stereocenters. The van der Waals surface area contributed by atoms with E-state index in [-0.39, 0.29) is 6.10 Å². The lowest BCUT2D eigenvalue weighted by atomic mass is 10.2. The molecule has 0 aliphatic carbocycles. The van der Waals surface area contributed by atoms with Crippen LogP contribution in [0.3, 0.4) is 0 Å². The van der Waals surface area contributed by atoms with E-state index in [0.717, 1.165) is 0 Å². The summed E-state index contributed by atoms with van der Waals surface area (Å²) < 4.78 is 5.41. The molecule has 2 heteroatoms. The van der Waals surface area contributed by atoms with Crippen molar-refractivity contribution < 1.29 is 4.74 Å². The first-order chi connectivity index (χ1) is 8.15. The Balaban J connectivity index is 0. The van der Waals surface area contributed by atoms with Crippen molar-refractivity contribution in [3.8, 4) is 11.8 Å². The number of rotatable bonds is 2. The van der Waals surface area contributed by atoms with E-state index in [0.29, 0.717) is 11.3 Å². The highest BCUT2D eigenvalue weighted by molar-refractivity contribution is 5.42. The zero-order valence-electron chi connectivity index (χ0n) is 11.9. The molecule has 0 radical (unpaired) electrons. The Morgan fingerprint density at radius 3 is 2.06 bits per heavy atom. The minimum Gasteiger partial charge on any atom is -0.490 e. The number of benzene rings is 1. The Morgan fingerprint density at radius 2 is 1.65 bits per heavy atom. The maximum atomic E-state index is 8.70. The number of hydrogen-bond acceptors (Lipinski definition) is 2. The third-order valence-corrected chi connectivity index (χ3v) is 1.37. The van der Waals surface area contributed by atoms with Crippen LogP contribution in [0.15, 0.2) is 24.3 Å². The van der Waals surface area contributed by atoms with Crippen molar-refractivity contribution in [2.24, 2.45) is 0 Å². The second kappa shape index (κ2) is 12.6. The zero-order chi connectivity index (χ0) is 13.7. The van der Waals surface area contributed by atoms with Gasteiger partial charge in [-0.15, -0.1) is 0 Å². The highest BCUT2D eigenvalue weighted by Gasteiger charge is 2.02. The molecule has 0 saturated heterocycles. The normalized spacial score (nSPS) is 8.12. The number of nitrogens with zero attached hydrogens (tertiary/aromatic N) is 1. The molecule has 0 amide bonds. The van der Waals surface area contributed by atoms with Crippen molar-refractivity contribution in [2.45, 2.75) is 54.1 Å². The molecule has 0 spiro atoms. The highest BCUT2D eigenvalue weighted by Crippen LogP contribution is 2.17. The van der Waals surface area contributed by atoms with E-state index in [2.05, 4.69) is 19.9 Å². The van der Waals surface area contributed by atoms with Crippen LogP contribution in [-0.4, -0.2) is 6.10 Å². The van der Waals surface area contributed by atoms with E-state index in [1.807, 2.05) is 39.8 Å². The molecule has 0 atom stereocenters. The summed E-state index contributed by atoms with van der Waals surface area (Å²) in [5, 5.41) is 8.70. The fourth-order valence-electron chi connectivity index (χ4n) is 0.916. The van der Waals surface area contributed by atoms with Crippen LogP contribution in [0.5, 0.6) is 5.75 Å². The summed E-state index contributed by atoms with van der Waals surface area (Å²) in [6.45, 7) is 12.1. The van der Waals surface area contributed by atoms with Gasteiger partial charge in [0.25, 0.3) is 0 Å². The van der Waals surface area contributed by atoms with Gasteiger partial charge in [-0.05, 0) is 26.0 Å². The molecule has 0 N–H and O–H groups in total. The molecule has 2 nitrogen and oxygen atoms in total. The van der Waals surface area contributed by atoms with E-state index in [9.17, 15) is 0 Å². The predicted molar refractivity (Wildman–Crippen MR) is 74.2 cm³/mol.